The zero-order valence-corrected chi connectivity index (χ0v) is 11.4. The normalized spacial score (nSPS) is 26.7. The zero-order chi connectivity index (χ0) is 16.8. The van der Waals surface area contributed by atoms with Gasteiger partial charge in [-0.25, -0.2) is 4.39 Å². The first-order valence-electron chi connectivity index (χ1n) is 6.55. The number of nitrogens with zero attached hydrogens (tertiary/aromatic N) is 2. The Hall–Kier alpha value is -2.76. The van der Waals surface area contributed by atoms with Gasteiger partial charge in [-0.3, -0.25) is 5.43 Å². The fourth-order valence-corrected chi connectivity index (χ4v) is 2.82. The maximum Gasteiger partial charge on any atom is 0.431 e. The number of nitrogens with one attached hydrogen (secondary N) is 1. The minimum absolute atomic E-state index is 0.140. The van der Waals surface area contributed by atoms with Crippen LogP contribution >= 0.6 is 0 Å². The van der Waals surface area contributed by atoms with Gasteiger partial charge in [-0.2, -0.15) is 23.5 Å². The van der Waals surface area contributed by atoms with E-state index in [1.807, 2.05) is 0 Å². The molecule has 2 aliphatic rings. The molecule has 3 rings (SSSR count). The predicted molar refractivity (Wildman–Crippen MR) is 71.0 cm³/mol. The molecule has 2 aliphatic heterocycles. The zero-order valence-electron chi connectivity index (χ0n) is 11.4. The lowest BCUT2D eigenvalue weighted by atomic mass is 9.76. The van der Waals surface area contributed by atoms with E-state index in [0.29, 0.717) is 5.56 Å². The number of halogens is 4. The first kappa shape index (κ1) is 15.1. The predicted octanol–water partition coefficient (Wildman–Crippen LogP) is 2.10. The van der Waals surface area contributed by atoms with E-state index >= 15 is 0 Å². The molecule has 0 aliphatic carbocycles. The van der Waals surface area contributed by atoms with E-state index in [1.165, 1.54) is 12.1 Å². The lowest BCUT2D eigenvalue weighted by Crippen LogP contribution is -2.45. The number of hydrogen-bond donors (Lipinski definition) is 2. The van der Waals surface area contributed by atoms with Gasteiger partial charge >= 0.3 is 6.18 Å². The van der Waals surface area contributed by atoms with Gasteiger partial charge in [0.05, 0.1) is 11.5 Å². The minimum Gasteiger partial charge on any atom is -0.453 e. The van der Waals surface area contributed by atoms with Crippen LogP contribution in [0, 0.1) is 23.1 Å². The van der Waals surface area contributed by atoms with E-state index in [2.05, 4.69) is 10.5 Å². The molecule has 120 valence electrons. The molecule has 0 spiro atoms. The van der Waals surface area contributed by atoms with Crippen LogP contribution in [-0.4, -0.2) is 18.1 Å². The molecule has 2 heterocycles. The third-order valence-electron chi connectivity index (χ3n) is 3.78. The fraction of sp³-hybridized carbons (Fsp3) is 0.286. The number of rotatable bonds is 1. The molecule has 0 radical (unpaired) electrons. The van der Waals surface area contributed by atoms with E-state index in [4.69, 9.17) is 10.5 Å². The van der Waals surface area contributed by atoms with Crippen molar-refractivity contribution in [1.82, 2.24) is 5.43 Å². The second-order valence-electron chi connectivity index (χ2n) is 5.11. The average Bonchev–Trinajstić information content (AvgIpc) is 2.90. The highest BCUT2D eigenvalue weighted by Crippen LogP contribution is 2.44. The topological polar surface area (TPSA) is 83.4 Å². The van der Waals surface area contributed by atoms with Gasteiger partial charge in [0.1, 0.15) is 11.9 Å². The molecular weight excluding hydrogens is 316 g/mol. The number of alkyl halides is 3. The summed E-state index contributed by atoms with van der Waals surface area (Å²) in [5, 5.41) is 12.6. The van der Waals surface area contributed by atoms with E-state index in [0.717, 1.165) is 12.1 Å². The molecule has 0 saturated heterocycles. The molecule has 0 amide bonds. The molecule has 1 aromatic carbocycles. The van der Waals surface area contributed by atoms with Gasteiger partial charge < -0.3 is 10.5 Å². The summed E-state index contributed by atoms with van der Waals surface area (Å²) in [5.74, 6) is -3.13. The molecule has 3 atom stereocenters. The Morgan fingerprint density at radius 1 is 1.26 bits per heavy atom. The molecular formula is C14H10F4N4O. The average molecular weight is 326 g/mol. The Labute approximate surface area is 128 Å². The third kappa shape index (κ3) is 2.46. The number of hydrazone groups is 1. The Morgan fingerprint density at radius 2 is 1.91 bits per heavy atom. The van der Waals surface area contributed by atoms with E-state index < -0.39 is 35.8 Å². The number of fused-ring (bicyclic) bond motifs is 1. The molecule has 0 unspecified atom stereocenters. The van der Waals surface area contributed by atoms with Crippen LogP contribution in [0.2, 0.25) is 0 Å². The van der Waals surface area contributed by atoms with Crippen molar-refractivity contribution in [1.29, 1.82) is 5.26 Å². The molecule has 1 aromatic rings. The van der Waals surface area contributed by atoms with Crippen LogP contribution in [-0.2, 0) is 4.74 Å². The number of nitrogens with two attached hydrogens (primary N) is 1. The summed E-state index contributed by atoms with van der Waals surface area (Å²) in [5.41, 5.74) is 6.99. The Kier molecular flexibility index (Phi) is 3.39. The highest BCUT2D eigenvalue weighted by molar-refractivity contribution is 5.94. The largest absolute Gasteiger partial charge is 0.453 e. The fourth-order valence-electron chi connectivity index (χ4n) is 2.82. The SMILES string of the molecule is N#CC1=C(N)O[C@@H]2NN=C(C(F)(F)F)[C@H]2[C@H]1c1ccc(F)cc1. The van der Waals surface area contributed by atoms with Gasteiger partial charge in [0.2, 0.25) is 5.88 Å². The second-order valence-corrected chi connectivity index (χ2v) is 5.11. The molecule has 3 N–H and O–H groups in total. The third-order valence-corrected chi connectivity index (χ3v) is 3.78. The Bertz CT molecular complexity index is 733. The van der Waals surface area contributed by atoms with E-state index in [-0.39, 0.29) is 11.5 Å². The van der Waals surface area contributed by atoms with Gasteiger partial charge in [-0.1, -0.05) is 12.1 Å². The molecule has 23 heavy (non-hydrogen) atoms. The standard InChI is InChI=1S/C14H10F4N4O/c15-7-3-1-6(2-4-7)9-8(5-19)12(20)23-13-10(9)11(21-22-13)14(16,17)18/h1-4,9-10,13,22H,20H2/t9-,10+,13-/m0/s1. The first-order chi connectivity index (χ1) is 10.8. The summed E-state index contributed by atoms with van der Waals surface area (Å²) in [6.45, 7) is 0. The van der Waals surface area contributed by atoms with Crippen molar-refractivity contribution < 1.29 is 22.3 Å². The second kappa shape index (κ2) is 5.15. The van der Waals surface area contributed by atoms with Crippen LogP contribution in [0.4, 0.5) is 17.6 Å². The first-order valence-corrected chi connectivity index (χ1v) is 6.55. The summed E-state index contributed by atoms with van der Waals surface area (Å²) >= 11 is 0. The Balaban J connectivity index is 2.13. The number of ether oxygens (including phenoxy) is 1. The summed E-state index contributed by atoms with van der Waals surface area (Å²) in [6, 6.07) is 6.64. The molecule has 0 fully saturated rings. The number of nitriles is 1. The van der Waals surface area contributed by atoms with E-state index in [1.54, 1.807) is 6.07 Å². The van der Waals surface area contributed by atoms with Crippen LogP contribution in [0.3, 0.4) is 0 Å². The number of allylic oxidation sites excluding steroid dienone is 1. The highest BCUT2D eigenvalue weighted by atomic mass is 19.4. The van der Waals surface area contributed by atoms with Crippen molar-refractivity contribution in [2.75, 3.05) is 0 Å². The van der Waals surface area contributed by atoms with Gasteiger partial charge in [0.25, 0.3) is 0 Å². The van der Waals surface area contributed by atoms with Crippen molar-refractivity contribution >= 4 is 5.71 Å². The summed E-state index contributed by atoms with van der Waals surface area (Å²) < 4.78 is 57.8. The van der Waals surface area contributed by atoms with Crippen molar-refractivity contribution in [3.63, 3.8) is 0 Å². The molecule has 0 aromatic heterocycles. The monoisotopic (exact) mass is 326 g/mol. The van der Waals surface area contributed by atoms with Gasteiger partial charge in [-0.05, 0) is 17.7 Å². The quantitative estimate of drug-likeness (QED) is 0.774. The van der Waals surface area contributed by atoms with Gasteiger partial charge in [-0.15, -0.1) is 0 Å². The lowest BCUT2D eigenvalue weighted by Gasteiger charge is -2.34. The van der Waals surface area contributed by atoms with Gasteiger partial charge in [0, 0.05) is 5.92 Å². The van der Waals surface area contributed by atoms with Crippen molar-refractivity contribution in [3.8, 4) is 6.07 Å². The minimum atomic E-state index is -4.69. The maximum absolute atomic E-state index is 13.2. The van der Waals surface area contributed by atoms with Gasteiger partial charge in [0.15, 0.2) is 11.9 Å². The number of benzene rings is 1. The maximum atomic E-state index is 13.2. The van der Waals surface area contributed by atoms with Crippen molar-refractivity contribution in [2.24, 2.45) is 16.8 Å². The summed E-state index contributed by atoms with van der Waals surface area (Å²) in [6.07, 6.45) is -5.83. The van der Waals surface area contributed by atoms with Crippen LogP contribution < -0.4 is 11.2 Å². The smallest absolute Gasteiger partial charge is 0.431 e. The van der Waals surface area contributed by atoms with Crippen LogP contribution in [0.25, 0.3) is 0 Å². The Morgan fingerprint density at radius 3 is 2.48 bits per heavy atom. The molecule has 0 saturated carbocycles. The number of hydrogen-bond acceptors (Lipinski definition) is 5. The van der Waals surface area contributed by atoms with Crippen LogP contribution in [0.15, 0.2) is 40.8 Å². The van der Waals surface area contributed by atoms with Crippen LogP contribution in [0.1, 0.15) is 11.5 Å². The molecule has 0 bridgehead atoms. The van der Waals surface area contributed by atoms with E-state index in [9.17, 15) is 22.8 Å². The molecule has 9 heteroatoms. The lowest BCUT2D eigenvalue weighted by molar-refractivity contribution is -0.0661. The summed E-state index contributed by atoms with van der Waals surface area (Å²) in [7, 11) is 0. The van der Waals surface area contributed by atoms with Crippen molar-refractivity contribution in [2.45, 2.75) is 18.3 Å². The summed E-state index contributed by atoms with van der Waals surface area (Å²) in [4.78, 5) is 0. The van der Waals surface area contributed by atoms with Crippen LogP contribution in [0.5, 0.6) is 0 Å². The van der Waals surface area contributed by atoms with Crippen molar-refractivity contribution in [3.05, 3.63) is 47.1 Å². The highest BCUT2D eigenvalue weighted by Gasteiger charge is 2.55. The molecule has 5 nitrogen and oxygen atoms in total.